The van der Waals surface area contributed by atoms with Gasteiger partial charge in [0.2, 0.25) is 0 Å². The van der Waals surface area contributed by atoms with E-state index in [4.69, 9.17) is 4.84 Å². The van der Waals surface area contributed by atoms with E-state index in [1.54, 1.807) is 6.07 Å². The van der Waals surface area contributed by atoms with Crippen molar-refractivity contribution in [3.05, 3.63) is 59.7 Å². The second-order valence-electron chi connectivity index (χ2n) is 5.87. The highest BCUT2D eigenvalue weighted by Gasteiger charge is 2.21. The molecule has 2 rings (SSSR count). The number of nitrogens with one attached hydrogen (secondary N) is 1. The third-order valence-electron chi connectivity index (χ3n) is 3.90. The fourth-order valence-electron chi connectivity index (χ4n) is 2.24. The van der Waals surface area contributed by atoms with E-state index in [0.29, 0.717) is 6.54 Å². The van der Waals surface area contributed by atoms with Gasteiger partial charge in [-0.15, -0.1) is 0 Å². The zero-order valence-corrected chi connectivity index (χ0v) is 16.1. The standard InChI is InChI=1S/C18H23N3O4S/c1-20(2)16-10-8-14(9-11-16)13-19-18(22)15-6-5-7-17(12-15)26(23,24)21(3)25-4/h5-12H,13H2,1-4H3,(H,19,22). The van der Waals surface area contributed by atoms with Crippen LogP contribution in [0.3, 0.4) is 0 Å². The number of hydrogen-bond acceptors (Lipinski definition) is 5. The first-order valence-corrected chi connectivity index (χ1v) is 9.37. The van der Waals surface area contributed by atoms with Crippen molar-refractivity contribution in [2.24, 2.45) is 0 Å². The molecule has 0 bridgehead atoms. The topological polar surface area (TPSA) is 78.9 Å². The van der Waals surface area contributed by atoms with Crippen molar-refractivity contribution in [3.63, 3.8) is 0 Å². The molecule has 1 amide bonds. The summed E-state index contributed by atoms with van der Waals surface area (Å²) in [7, 11) is 2.67. The molecule has 0 atom stereocenters. The number of sulfonamides is 1. The molecule has 0 saturated heterocycles. The molecule has 26 heavy (non-hydrogen) atoms. The lowest BCUT2D eigenvalue weighted by molar-refractivity contribution is -0.0258. The summed E-state index contributed by atoms with van der Waals surface area (Å²) in [4.78, 5) is 19.1. The first-order chi connectivity index (χ1) is 12.3. The second-order valence-corrected chi connectivity index (χ2v) is 7.80. The lowest BCUT2D eigenvalue weighted by atomic mass is 10.1. The smallest absolute Gasteiger partial charge is 0.264 e. The number of hydrogen-bond donors (Lipinski definition) is 1. The molecular formula is C18H23N3O4S. The van der Waals surface area contributed by atoms with Gasteiger partial charge in [0.15, 0.2) is 0 Å². The van der Waals surface area contributed by atoms with Crippen molar-refractivity contribution in [1.29, 1.82) is 0 Å². The quantitative estimate of drug-likeness (QED) is 0.745. The average Bonchev–Trinajstić information content (AvgIpc) is 2.65. The van der Waals surface area contributed by atoms with E-state index >= 15 is 0 Å². The number of benzene rings is 2. The van der Waals surface area contributed by atoms with Gasteiger partial charge in [0.1, 0.15) is 0 Å². The highest BCUT2D eigenvalue weighted by molar-refractivity contribution is 7.89. The maximum atomic E-state index is 12.4. The third-order valence-corrected chi connectivity index (χ3v) is 5.57. The van der Waals surface area contributed by atoms with Gasteiger partial charge >= 0.3 is 0 Å². The Hall–Kier alpha value is -2.42. The Bertz CT molecular complexity index is 864. The highest BCUT2D eigenvalue weighted by Crippen LogP contribution is 2.16. The van der Waals surface area contributed by atoms with E-state index in [1.807, 2.05) is 43.3 Å². The molecule has 8 heteroatoms. The highest BCUT2D eigenvalue weighted by atomic mass is 32.2. The van der Waals surface area contributed by atoms with Crippen LogP contribution in [0, 0.1) is 0 Å². The van der Waals surface area contributed by atoms with Crippen LogP contribution in [0.2, 0.25) is 0 Å². The molecule has 2 aromatic rings. The minimum atomic E-state index is -3.80. The number of carbonyl (C=O) groups is 1. The van der Waals surface area contributed by atoms with Gasteiger partial charge in [-0.3, -0.25) is 9.63 Å². The van der Waals surface area contributed by atoms with Gasteiger partial charge in [0.05, 0.1) is 12.0 Å². The molecule has 0 aliphatic rings. The largest absolute Gasteiger partial charge is 0.378 e. The van der Waals surface area contributed by atoms with Crippen molar-refractivity contribution in [3.8, 4) is 0 Å². The molecule has 0 aliphatic carbocycles. The van der Waals surface area contributed by atoms with Gasteiger partial charge in [-0.1, -0.05) is 22.7 Å². The van der Waals surface area contributed by atoms with Crippen LogP contribution in [0.15, 0.2) is 53.4 Å². The molecule has 0 aliphatic heterocycles. The van der Waals surface area contributed by atoms with Crippen molar-refractivity contribution >= 4 is 21.6 Å². The number of rotatable bonds is 7. The Morgan fingerprint density at radius 1 is 1.08 bits per heavy atom. The zero-order valence-electron chi connectivity index (χ0n) is 15.3. The van der Waals surface area contributed by atoms with E-state index in [2.05, 4.69) is 5.32 Å². The molecule has 7 nitrogen and oxygen atoms in total. The second kappa shape index (κ2) is 8.31. The minimum Gasteiger partial charge on any atom is -0.378 e. The lowest BCUT2D eigenvalue weighted by Gasteiger charge is -2.15. The first-order valence-electron chi connectivity index (χ1n) is 7.93. The number of carbonyl (C=O) groups excluding carboxylic acids is 1. The van der Waals surface area contributed by atoms with Gasteiger partial charge in [0.25, 0.3) is 15.9 Å². The maximum absolute atomic E-state index is 12.4. The SMILES string of the molecule is CON(C)S(=O)(=O)c1cccc(C(=O)NCc2ccc(N(C)C)cc2)c1. The summed E-state index contributed by atoms with van der Waals surface area (Å²) in [6, 6.07) is 13.6. The molecule has 0 unspecified atom stereocenters. The van der Waals surface area contributed by atoms with Gasteiger partial charge in [-0.05, 0) is 35.9 Å². The van der Waals surface area contributed by atoms with Crippen molar-refractivity contribution in [2.75, 3.05) is 33.2 Å². The van der Waals surface area contributed by atoms with E-state index < -0.39 is 10.0 Å². The summed E-state index contributed by atoms with van der Waals surface area (Å²) in [5, 5.41) is 2.79. The van der Waals surface area contributed by atoms with Crippen molar-refractivity contribution < 1.29 is 18.0 Å². The summed E-state index contributed by atoms with van der Waals surface area (Å²) < 4.78 is 25.3. The zero-order chi connectivity index (χ0) is 19.3. The normalized spacial score (nSPS) is 11.4. The molecule has 2 aromatic carbocycles. The van der Waals surface area contributed by atoms with E-state index in [9.17, 15) is 13.2 Å². The van der Waals surface area contributed by atoms with Crippen molar-refractivity contribution in [1.82, 2.24) is 9.79 Å². The predicted octanol–water partition coefficient (Wildman–Crippen LogP) is 1.86. The molecule has 0 fully saturated rings. The Kier molecular flexibility index (Phi) is 6.36. The molecule has 0 radical (unpaired) electrons. The summed E-state index contributed by atoms with van der Waals surface area (Å²) in [6.45, 7) is 0.349. The van der Waals surface area contributed by atoms with Crippen LogP contribution in [0.4, 0.5) is 5.69 Å². The summed E-state index contributed by atoms with van der Waals surface area (Å²) in [5.74, 6) is -0.348. The van der Waals surface area contributed by atoms with E-state index in [-0.39, 0.29) is 16.4 Å². The number of amides is 1. The predicted molar refractivity (Wildman–Crippen MR) is 100 cm³/mol. The molecule has 0 aromatic heterocycles. The van der Waals surface area contributed by atoms with Crippen LogP contribution < -0.4 is 10.2 Å². The molecule has 0 spiro atoms. The summed E-state index contributed by atoms with van der Waals surface area (Å²) in [5.41, 5.74) is 2.28. The fraction of sp³-hybridized carbons (Fsp3) is 0.278. The summed E-state index contributed by atoms with van der Waals surface area (Å²) >= 11 is 0. The summed E-state index contributed by atoms with van der Waals surface area (Å²) in [6.07, 6.45) is 0. The monoisotopic (exact) mass is 377 g/mol. The van der Waals surface area contributed by atoms with Gasteiger partial charge in [-0.2, -0.15) is 0 Å². The molecule has 1 N–H and O–H groups in total. The van der Waals surface area contributed by atoms with Crippen LogP contribution >= 0.6 is 0 Å². The van der Waals surface area contributed by atoms with E-state index in [0.717, 1.165) is 15.7 Å². The number of nitrogens with zero attached hydrogens (tertiary/aromatic N) is 2. The Morgan fingerprint density at radius 3 is 2.31 bits per heavy atom. The molecule has 0 saturated carbocycles. The van der Waals surface area contributed by atoms with Crippen LogP contribution in [0.25, 0.3) is 0 Å². The molecule has 0 heterocycles. The van der Waals surface area contributed by atoms with Crippen LogP contribution in [-0.4, -0.2) is 47.0 Å². The number of anilines is 1. The van der Waals surface area contributed by atoms with Gasteiger partial charge < -0.3 is 10.2 Å². The van der Waals surface area contributed by atoms with Crippen LogP contribution in [0.5, 0.6) is 0 Å². The average molecular weight is 377 g/mol. The fourth-order valence-corrected chi connectivity index (χ4v) is 3.26. The first kappa shape index (κ1) is 19.9. The van der Waals surface area contributed by atoms with E-state index in [1.165, 1.54) is 32.4 Å². The van der Waals surface area contributed by atoms with Crippen LogP contribution in [0.1, 0.15) is 15.9 Å². The molecule has 140 valence electrons. The number of hydroxylamine groups is 1. The maximum Gasteiger partial charge on any atom is 0.264 e. The van der Waals surface area contributed by atoms with Crippen molar-refractivity contribution in [2.45, 2.75) is 11.4 Å². The lowest BCUT2D eigenvalue weighted by Crippen LogP contribution is -2.27. The minimum absolute atomic E-state index is 0.00941. The Balaban J connectivity index is 2.09. The third kappa shape index (κ3) is 4.60. The van der Waals surface area contributed by atoms with Gasteiger partial charge in [-0.25, -0.2) is 8.42 Å². The Morgan fingerprint density at radius 2 is 1.73 bits per heavy atom. The molecular weight excluding hydrogens is 354 g/mol. The Labute approximate surface area is 154 Å². The van der Waals surface area contributed by atoms with Gasteiger partial charge in [0, 0.05) is 38.9 Å². The van der Waals surface area contributed by atoms with Crippen LogP contribution in [-0.2, 0) is 21.4 Å².